The predicted molar refractivity (Wildman–Crippen MR) is 95.9 cm³/mol. The summed E-state index contributed by atoms with van der Waals surface area (Å²) in [6.45, 7) is 2.03. The van der Waals surface area contributed by atoms with Gasteiger partial charge in [-0.05, 0) is 30.7 Å². The van der Waals surface area contributed by atoms with Crippen LogP contribution in [0.2, 0.25) is 5.02 Å². The highest BCUT2D eigenvalue weighted by molar-refractivity contribution is 6.32. The standard InChI is InChI=1S/C18H20ClFN2O3/c1-11(18(23)21-10-12-4-6-13(20)7-5-12)22-15-8-14(19)16(24-2)9-17(15)25-3/h4-9,11,22H,10H2,1-3H3,(H,21,23). The lowest BCUT2D eigenvalue weighted by Gasteiger charge is -2.18. The second-order valence-corrected chi connectivity index (χ2v) is 5.80. The number of carbonyl (C=O) groups excluding carboxylic acids is 1. The number of benzene rings is 2. The van der Waals surface area contributed by atoms with Gasteiger partial charge in [0.2, 0.25) is 5.91 Å². The monoisotopic (exact) mass is 366 g/mol. The summed E-state index contributed by atoms with van der Waals surface area (Å²) in [6.07, 6.45) is 0. The molecule has 0 bridgehead atoms. The predicted octanol–water partition coefficient (Wildman–Crippen LogP) is 3.61. The first-order chi connectivity index (χ1) is 11.9. The molecule has 1 atom stereocenters. The van der Waals surface area contributed by atoms with Crippen molar-refractivity contribution in [3.05, 3.63) is 52.8 Å². The Bertz CT molecular complexity index is 738. The van der Waals surface area contributed by atoms with Gasteiger partial charge in [0.25, 0.3) is 0 Å². The summed E-state index contributed by atoms with van der Waals surface area (Å²) in [6, 6.07) is 8.72. The molecule has 0 aromatic heterocycles. The van der Waals surface area contributed by atoms with Crippen LogP contribution in [0.3, 0.4) is 0 Å². The van der Waals surface area contributed by atoms with E-state index in [0.717, 1.165) is 5.56 Å². The van der Waals surface area contributed by atoms with Crippen LogP contribution >= 0.6 is 11.6 Å². The fourth-order valence-electron chi connectivity index (χ4n) is 2.22. The van der Waals surface area contributed by atoms with Crippen molar-refractivity contribution in [3.63, 3.8) is 0 Å². The summed E-state index contributed by atoms with van der Waals surface area (Å²) in [4.78, 5) is 12.2. The van der Waals surface area contributed by atoms with E-state index < -0.39 is 6.04 Å². The minimum absolute atomic E-state index is 0.210. The molecule has 2 aromatic rings. The van der Waals surface area contributed by atoms with E-state index in [1.54, 1.807) is 31.2 Å². The van der Waals surface area contributed by atoms with Crippen molar-refractivity contribution < 1.29 is 18.7 Å². The molecule has 0 saturated heterocycles. The number of nitrogens with one attached hydrogen (secondary N) is 2. The summed E-state index contributed by atoms with van der Waals surface area (Å²) in [5, 5.41) is 6.26. The molecule has 0 radical (unpaired) electrons. The zero-order valence-corrected chi connectivity index (χ0v) is 15.0. The van der Waals surface area contributed by atoms with Crippen molar-refractivity contribution in [1.29, 1.82) is 0 Å². The van der Waals surface area contributed by atoms with Gasteiger partial charge in [0, 0.05) is 12.6 Å². The second-order valence-electron chi connectivity index (χ2n) is 5.40. The Morgan fingerprint density at radius 1 is 1.16 bits per heavy atom. The Morgan fingerprint density at radius 2 is 1.80 bits per heavy atom. The fraction of sp³-hybridized carbons (Fsp3) is 0.278. The molecule has 2 aromatic carbocycles. The third-order valence-electron chi connectivity index (χ3n) is 3.62. The van der Waals surface area contributed by atoms with Gasteiger partial charge in [-0.1, -0.05) is 23.7 Å². The van der Waals surface area contributed by atoms with Crippen LogP contribution in [0.5, 0.6) is 11.5 Å². The molecule has 0 aliphatic rings. The third kappa shape index (κ3) is 5.00. The van der Waals surface area contributed by atoms with Crippen LogP contribution in [0, 0.1) is 5.82 Å². The van der Waals surface area contributed by atoms with Crippen LogP contribution in [-0.2, 0) is 11.3 Å². The van der Waals surface area contributed by atoms with Crippen molar-refractivity contribution >= 4 is 23.2 Å². The molecule has 0 aliphatic carbocycles. The highest BCUT2D eigenvalue weighted by Gasteiger charge is 2.16. The molecule has 2 rings (SSSR count). The summed E-state index contributed by atoms with van der Waals surface area (Å²) in [7, 11) is 3.03. The SMILES string of the molecule is COc1cc(OC)c(NC(C)C(=O)NCc2ccc(F)cc2)cc1Cl. The largest absolute Gasteiger partial charge is 0.495 e. The van der Waals surface area contributed by atoms with Crippen molar-refractivity contribution in [1.82, 2.24) is 5.32 Å². The maximum Gasteiger partial charge on any atom is 0.242 e. The van der Waals surface area contributed by atoms with Crippen molar-refractivity contribution in [2.75, 3.05) is 19.5 Å². The molecule has 0 fully saturated rings. The fourth-order valence-corrected chi connectivity index (χ4v) is 2.46. The number of hydrogen-bond donors (Lipinski definition) is 2. The van der Waals surface area contributed by atoms with Crippen LogP contribution in [0.25, 0.3) is 0 Å². The lowest BCUT2D eigenvalue weighted by molar-refractivity contribution is -0.121. The average molecular weight is 367 g/mol. The van der Waals surface area contributed by atoms with E-state index in [0.29, 0.717) is 28.8 Å². The summed E-state index contributed by atoms with van der Waals surface area (Å²) in [5.41, 5.74) is 1.39. The van der Waals surface area contributed by atoms with E-state index in [4.69, 9.17) is 21.1 Å². The van der Waals surface area contributed by atoms with E-state index in [2.05, 4.69) is 10.6 Å². The Morgan fingerprint density at radius 3 is 2.40 bits per heavy atom. The van der Waals surface area contributed by atoms with Gasteiger partial charge in [0.05, 0.1) is 24.9 Å². The zero-order valence-electron chi connectivity index (χ0n) is 14.2. The molecule has 1 amide bonds. The van der Waals surface area contributed by atoms with Crippen LogP contribution < -0.4 is 20.1 Å². The summed E-state index contributed by atoms with van der Waals surface area (Å²) >= 11 is 6.12. The van der Waals surface area contributed by atoms with E-state index in [9.17, 15) is 9.18 Å². The smallest absolute Gasteiger partial charge is 0.242 e. The first-order valence-corrected chi connectivity index (χ1v) is 8.02. The Balaban J connectivity index is 2.00. The van der Waals surface area contributed by atoms with Gasteiger partial charge in [0.1, 0.15) is 23.4 Å². The van der Waals surface area contributed by atoms with Gasteiger partial charge in [-0.3, -0.25) is 4.79 Å². The third-order valence-corrected chi connectivity index (χ3v) is 3.91. The molecule has 1 unspecified atom stereocenters. The van der Waals surface area contributed by atoms with Gasteiger partial charge in [0.15, 0.2) is 0 Å². The van der Waals surface area contributed by atoms with E-state index in [-0.39, 0.29) is 11.7 Å². The summed E-state index contributed by atoms with van der Waals surface area (Å²) in [5.74, 6) is 0.476. The van der Waals surface area contributed by atoms with Crippen molar-refractivity contribution in [2.45, 2.75) is 19.5 Å². The molecule has 134 valence electrons. The van der Waals surface area contributed by atoms with Crippen molar-refractivity contribution in [3.8, 4) is 11.5 Å². The Hall–Kier alpha value is -2.47. The molecule has 0 aliphatic heterocycles. The van der Waals surface area contributed by atoms with E-state index >= 15 is 0 Å². The highest BCUT2D eigenvalue weighted by Crippen LogP contribution is 2.36. The lowest BCUT2D eigenvalue weighted by atomic mass is 10.2. The normalized spacial score (nSPS) is 11.6. The summed E-state index contributed by atoms with van der Waals surface area (Å²) < 4.78 is 23.3. The number of carbonyl (C=O) groups is 1. The van der Waals surface area contributed by atoms with Crippen LogP contribution in [0.1, 0.15) is 12.5 Å². The first-order valence-electron chi connectivity index (χ1n) is 7.64. The molecule has 0 saturated carbocycles. The topological polar surface area (TPSA) is 59.6 Å². The molecule has 0 heterocycles. The molecule has 25 heavy (non-hydrogen) atoms. The van der Waals surface area contributed by atoms with Crippen molar-refractivity contribution in [2.24, 2.45) is 0 Å². The number of amides is 1. The number of halogens is 2. The maximum atomic E-state index is 12.9. The van der Waals surface area contributed by atoms with Gasteiger partial charge >= 0.3 is 0 Å². The Labute approximate surface area is 151 Å². The molecule has 0 spiro atoms. The van der Waals surface area contributed by atoms with Gasteiger partial charge in [-0.15, -0.1) is 0 Å². The number of methoxy groups -OCH3 is 2. The van der Waals surface area contributed by atoms with Crippen LogP contribution in [-0.4, -0.2) is 26.2 Å². The number of anilines is 1. The quantitative estimate of drug-likeness (QED) is 0.785. The molecule has 7 heteroatoms. The van der Waals surface area contributed by atoms with Gasteiger partial charge in [-0.25, -0.2) is 4.39 Å². The molecule has 2 N–H and O–H groups in total. The van der Waals surface area contributed by atoms with Crippen LogP contribution in [0.4, 0.5) is 10.1 Å². The maximum absolute atomic E-state index is 12.9. The van der Waals surface area contributed by atoms with E-state index in [1.165, 1.54) is 26.4 Å². The molecular weight excluding hydrogens is 347 g/mol. The minimum atomic E-state index is -0.529. The number of rotatable bonds is 7. The molecule has 5 nitrogen and oxygen atoms in total. The first kappa shape index (κ1) is 18.9. The zero-order chi connectivity index (χ0) is 18.4. The van der Waals surface area contributed by atoms with Gasteiger partial charge in [-0.2, -0.15) is 0 Å². The van der Waals surface area contributed by atoms with E-state index in [1.807, 2.05) is 0 Å². The number of ether oxygens (including phenoxy) is 2. The average Bonchev–Trinajstić information content (AvgIpc) is 2.61. The minimum Gasteiger partial charge on any atom is -0.495 e. The Kier molecular flexibility index (Phi) is 6.47. The highest BCUT2D eigenvalue weighted by atomic mass is 35.5. The van der Waals surface area contributed by atoms with Crippen LogP contribution in [0.15, 0.2) is 36.4 Å². The second kappa shape index (κ2) is 8.58. The van der Waals surface area contributed by atoms with Gasteiger partial charge < -0.3 is 20.1 Å². The number of hydrogen-bond acceptors (Lipinski definition) is 4. The molecular formula is C18H20ClFN2O3. The lowest BCUT2D eigenvalue weighted by Crippen LogP contribution is -2.37.